The summed E-state index contributed by atoms with van der Waals surface area (Å²) >= 11 is 6.23. The molecule has 0 saturated carbocycles. The number of hydrogen-bond donors (Lipinski definition) is 0. The third kappa shape index (κ3) is 3.22. The summed E-state index contributed by atoms with van der Waals surface area (Å²) in [5.41, 5.74) is 2.01. The first-order valence-corrected chi connectivity index (χ1v) is 8.89. The van der Waals surface area contributed by atoms with E-state index in [2.05, 4.69) is 5.10 Å². The van der Waals surface area contributed by atoms with Crippen molar-refractivity contribution in [1.82, 2.24) is 5.01 Å². The Hall–Kier alpha value is -3.05. The number of halogens is 1. The zero-order valence-corrected chi connectivity index (χ0v) is 15.4. The highest BCUT2D eigenvalue weighted by Crippen LogP contribution is 2.36. The summed E-state index contributed by atoms with van der Waals surface area (Å²) in [5.74, 6) is 1.11. The third-order valence-electron chi connectivity index (χ3n) is 4.51. The number of carbonyl (C=O) groups is 1. The molecule has 2 aromatic carbocycles. The van der Waals surface area contributed by atoms with Gasteiger partial charge in [0.2, 0.25) is 0 Å². The zero-order valence-electron chi connectivity index (χ0n) is 14.6. The van der Waals surface area contributed by atoms with Gasteiger partial charge in [-0.15, -0.1) is 0 Å². The van der Waals surface area contributed by atoms with Crippen molar-refractivity contribution in [1.29, 1.82) is 0 Å². The molecule has 1 amide bonds. The summed E-state index contributed by atoms with van der Waals surface area (Å²) in [7, 11) is 1.62. The van der Waals surface area contributed by atoms with E-state index in [1.165, 1.54) is 5.01 Å². The Morgan fingerprint density at radius 3 is 2.67 bits per heavy atom. The second-order valence-electron chi connectivity index (χ2n) is 6.11. The van der Waals surface area contributed by atoms with Crippen LogP contribution in [0, 0.1) is 0 Å². The number of furan rings is 1. The van der Waals surface area contributed by atoms with Gasteiger partial charge in [-0.05, 0) is 36.4 Å². The molecule has 136 valence electrons. The topological polar surface area (TPSA) is 55.0 Å². The quantitative estimate of drug-likeness (QED) is 0.644. The number of nitrogens with zero attached hydrogens (tertiary/aromatic N) is 2. The van der Waals surface area contributed by atoms with Crippen molar-refractivity contribution in [3.63, 3.8) is 0 Å². The van der Waals surface area contributed by atoms with Gasteiger partial charge < -0.3 is 9.15 Å². The molecule has 0 saturated heterocycles. The monoisotopic (exact) mass is 380 g/mol. The molecule has 1 unspecified atom stereocenters. The summed E-state index contributed by atoms with van der Waals surface area (Å²) in [6, 6.07) is 17.9. The minimum absolute atomic E-state index is 0.271. The van der Waals surface area contributed by atoms with Crippen molar-refractivity contribution in [3.8, 4) is 5.75 Å². The number of hydrazone groups is 1. The summed E-state index contributed by atoms with van der Waals surface area (Å²) in [4.78, 5) is 13.2. The van der Waals surface area contributed by atoms with E-state index in [1.807, 2.05) is 30.3 Å². The number of hydrogen-bond acceptors (Lipinski definition) is 4. The minimum Gasteiger partial charge on any atom is -0.496 e. The fourth-order valence-electron chi connectivity index (χ4n) is 3.20. The molecular formula is C21H17ClN2O3. The minimum atomic E-state index is -0.344. The molecule has 1 aromatic heterocycles. The normalized spacial score (nSPS) is 16.3. The average molecular weight is 381 g/mol. The highest BCUT2D eigenvalue weighted by Gasteiger charge is 2.36. The third-order valence-corrected chi connectivity index (χ3v) is 4.84. The maximum absolute atomic E-state index is 13.2. The number of rotatable bonds is 4. The summed E-state index contributed by atoms with van der Waals surface area (Å²) in [5, 5.41) is 6.46. The molecule has 0 fully saturated rings. The summed E-state index contributed by atoms with van der Waals surface area (Å²) in [6.45, 7) is 0. The van der Waals surface area contributed by atoms with E-state index in [-0.39, 0.29) is 11.9 Å². The van der Waals surface area contributed by atoms with Crippen LogP contribution in [0.25, 0.3) is 0 Å². The van der Waals surface area contributed by atoms with Gasteiger partial charge in [-0.1, -0.05) is 35.9 Å². The highest BCUT2D eigenvalue weighted by atomic mass is 35.5. The molecule has 27 heavy (non-hydrogen) atoms. The van der Waals surface area contributed by atoms with E-state index < -0.39 is 0 Å². The molecule has 0 bridgehead atoms. The van der Waals surface area contributed by atoms with Crippen LogP contribution >= 0.6 is 11.6 Å². The van der Waals surface area contributed by atoms with E-state index in [0.717, 1.165) is 11.3 Å². The first kappa shape index (κ1) is 17.4. The molecule has 1 atom stereocenters. The largest absolute Gasteiger partial charge is 0.496 e. The van der Waals surface area contributed by atoms with Crippen molar-refractivity contribution in [2.24, 2.45) is 5.10 Å². The molecule has 0 spiro atoms. The van der Waals surface area contributed by atoms with Gasteiger partial charge in [-0.25, -0.2) is 5.01 Å². The predicted molar refractivity (Wildman–Crippen MR) is 103 cm³/mol. The van der Waals surface area contributed by atoms with Crippen molar-refractivity contribution in [3.05, 3.63) is 88.8 Å². The molecule has 2 heterocycles. The lowest BCUT2D eigenvalue weighted by Gasteiger charge is -2.20. The van der Waals surface area contributed by atoms with Crippen molar-refractivity contribution in [2.75, 3.05) is 7.11 Å². The van der Waals surface area contributed by atoms with Crippen molar-refractivity contribution in [2.45, 2.75) is 12.5 Å². The van der Waals surface area contributed by atoms with Crippen LogP contribution in [0.5, 0.6) is 5.75 Å². The van der Waals surface area contributed by atoms with E-state index in [1.54, 1.807) is 43.7 Å². The number of ether oxygens (including phenoxy) is 1. The van der Waals surface area contributed by atoms with Crippen LogP contribution in [-0.2, 0) is 0 Å². The van der Waals surface area contributed by atoms with Crippen LogP contribution in [0.4, 0.5) is 0 Å². The molecule has 1 aliphatic heterocycles. The maximum Gasteiger partial charge on any atom is 0.276 e. The Morgan fingerprint density at radius 2 is 1.93 bits per heavy atom. The Bertz CT molecular complexity index is 998. The van der Waals surface area contributed by atoms with E-state index in [0.29, 0.717) is 28.5 Å². The number of carbonyl (C=O) groups excluding carboxylic acids is 1. The van der Waals surface area contributed by atoms with E-state index in [9.17, 15) is 4.79 Å². The van der Waals surface area contributed by atoms with Gasteiger partial charge in [0, 0.05) is 12.0 Å². The molecular weight excluding hydrogens is 364 g/mol. The van der Waals surface area contributed by atoms with Crippen LogP contribution in [-0.4, -0.2) is 23.7 Å². The van der Waals surface area contributed by atoms with Crippen LogP contribution in [0.15, 0.2) is 76.4 Å². The van der Waals surface area contributed by atoms with Gasteiger partial charge in [0.15, 0.2) is 0 Å². The van der Waals surface area contributed by atoms with Crippen LogP contribution < -0.4 is 4.74 Å². The first-order valence-electron chi connectivity index (χ1n) is 8.51. The van der Waals surface area contributed by atoms with Crippen molar-refractivity contribution >= 4 is 23.2 Å². The molecule has 3 aromatic rings. The smallest absolute Gasteiger partial charge is 0.276 e. The van der Waals surface area contributed by atoms with E-state index in [4.69, 9.17) is 20.8 Å². The lowest BCUT2D eigenvalue weighted by atomic mass is 10.0. The molecule has 5 nitrogen and oxygen atoms in total. The lowest BCUT2D eigenvalue weighted by molar-refractivity contribution is 0.0693. The van der Waals surface area contributed by atoms with Crippen LogP contribution in [0.3, 0.4) is 0 Å². The number of para-hydroxylation sites is 1. The van der Waals surface area contributed by atoms with Crippen LogP contribution in [0.1, 0.15) is 34.1 Å². The summed E-state index contributed by atoms with van der Waals surface area (Å²) < 4.78 is 11.0. The van der Waals surface area contributed by atoms with Gasteiger partial charge in [-0.3, -0.25) is 4.79 Å². The Morgan fingerprint density at radius 1 is 1.15 bits per heavy atom. The molecule has 0 radical (unpaired) electrons. The number of amides is 1. The second-order valence-corrected chi connectivity index (χ2v) is 6.52. The molecule has 0 aliphatic carbocycles. The molecule has 6 heteroatoms. The van der Waals surface area contributed by atoms with Crippen LogP contribution in [0.2, 0.25) is 5.02 Å². The predicted octanol–water partition coefficient (Wildman–Crippen LogP) is 4.93. The fourth-order valence-corrected chi connectivity index (χ4v) is 3.42. The fraction of sp³-hybridized carbons (Fsp3) is 0.143. The van der Waals surface area contributed by atoms with Crippen molar-refractivity contribution < 1.29 is 13.9 Å². The Labute approximate surface area is 161 Å². The summed E-state index contributed by atoms with van der Waals surface area (Å²) in [6.07, 6.45) is 2.11. The highest BCUT2D eigenvalue weighted by molar-refractivity contribution is 6.33. The van der Waals surface area contributed by atoms with Gasteiger partial charge in [-0.2, -0.15) is 5.10 Å². The van der Waals surface area contributed by atoms with Gasteiger partial charge in [0.05, 0.1) is 29.7 Å². The average Bonchev–Trinajstić information content (AvgIpc) is 3.37. The Balaban J connectivity index is 1.77. The zero-order chi connectivity index (χ0) is 18.8. The SMILES string of the molecule is COc1ccccc1C1=NN(C(=O)c2ccccc2Cl)C(c2ccco2)C1. The van der Waals surface area contributed by atoms with Gasteiger partial charge in [0.1, 0.15) is 17.6 Å². The molecule has 4 rings (SSSR count). The van der Waals surface area contributed by atoms with Gasteiger partial charge in [0.25, 0.3) is 5.91 Å². The standard InChI is InChI=1S/C21H17ClN2O3/c1-26-19-10-5-3-8-15(19)17-13-18(20-11-6-12-27-20)24(23-17)21(25)14-7-2-4-9-16(14)22/h2-12,18H,13H2,1H3. The lowest BCUT2D eigenvalue weighted by Crippen LogP contribution is -2.27. The first-order chi connectivity index (χ1) is 13.2. The second kappa shape index (κ2) is 7.29. The number of benzene rings is 2. The number of methoxy groups -OCH3 is 1. The Kier molecular flexibility index (Phi) is 4.69. The molecule has 0 N–H and O–H groups in total. The molecule has 1 aliphatic rings. The van der Waals surface area contributed by atoms with Gasteiger partial charge >= 0.3 is 0 Å². The maximum atomic E-state index is 13.2. The van der Waals surface area contributed by atoms with E-state index >= 15 is 0 Å².